The molecule has 0 aliphatic carbocycles. The number of nitrogens with zero attached hydrogens (tertiary/aromatic N) is 3. The van der Waals surface area contributed by atoms with Gasteiger partial charge in [0.2, 0.25) is 0 Å². The van der Waals surface area contributed by atoms with Gasteiger partial charge in [-0.2, -0.15) is 0 Å². The lowest BCUT2D eigenvalue weighted by Gasteiger charge is -2.39. The summed E-state index contributed by atoms with van der Waals surface area (Å²) < 4.78 is 13.9. The Labute approximate surface area is 195 Å². The molecular formula is C22H35N3O5SSi. The molecule has 0 saturated heterocycles. The third-order valence-corrected chi connectivity index (χ3v) is 10.9. The molecule has 0 radical (unpaired) electrons. The first-order chi connectivity index (χ1) is 14.4. The van der Waals surface area contributed by atoms with Crippen LogP contribution >= 0.6 is 11.3 Å². The van der Waals surface area contributed by atoms with E-state index in [1.807, 2.05) is 27.7 Å². The number of hydrogen-bond donors (Lipinski definition) is 1. The number of aromatic carboxylic acids is 1. The van der Waals surface area contributed by atoms with Gasteiger partial charge in [0.05, 0.1) is 12.0 Å². The molecule has 0 aliphatic rings. The zero-order valence-electron chi connectivity index (χ0n) is 20.7. The largest absolute Gasteiger partial charge is 0.478 e. The highest BCUT2D eigenvalue weighted by Gasteiger charge is 2.42. The number of thiophene rings is 1. The Morgan fingerprint density at radius 2 is 1.75 bits per heavy atom. The van der Waals surface area contributed by atoms with Gasteiger partial charge in [-0.15, -0.1) is 21.5 Å². The van der Waals surface area contributed by atoms with Gasteiger partial charge in [0, 0.05) is 4.88 Å². The van der Waals surface area contributed by atoms with Crippen molar-refractivity contribution in [2.24, 2.45) is 0 Å². The molecule has 0 saturated carbocycles. The third-order valence-electron chi connectivity index (χ3n) is 5.42. The molecule has 8 nitrogen and oxygen atoms in total. The van der Waals surface area contributed by atoms with Crippen LogP contribution < -0.4 is 0 Å². The third kappa shape index (κ3) is 6.05. The van der Waals surface area contributed by atoms with Crippen LogP contribution in [-0.4, -0.2) is 45.7 Å². The fourth-order valence-electron chi connectivity index (χ4n) is 2.91. The normalized spacial score (nSPS) is 13.8. The van der Waals surface area contributed by atoms with Gasteiger partial charge in [-0.05, 0) is 58.8 Å². The van der Waals surface area contributed by atoms with Crippen molar-refractivity contribution in [1.29, 1.82) is 0 Å². The minimum Gasteiger partial charge on any atom is -0.478 e. The van der Waals surface area contributed by atoms with Gasteiger partial charge >= 0.3 is 11.9 Å². The van der Waals surface area contributed by atoms with E-state index in [9.17, 15) is 14.7 Å². The summed E-state index contributed by atoms with van der Waals surface area (Å²) in [6.07, 6.45) is -0.773. The van der Waals surface area contributed by atoms with Crippen LogP contribution in [0.25, 0.3) is 5.00 Å². The topological polar surface area (TPSA) is 104 Å². The van der Waals surface area contributed by atoms with Crippen molar-refractivity contribution in [1.82, 2.24) is 14.8 Å². The number of ether oxygens (including phenoxy) is 1. The minimum atomic E-state index is -2.32. The lowest BCUT2D eigenvalue weighted by Crippen LogP contribution is -2.42. The fourth-order valence-corrected chi connectivity index (χ4v) is 5.22. The first kappa shape index (κ1) is 26.2. The summed E-state index contributed by atoms with van der Waals surface area (Å²) in [4.78, 5) is 25.5. The van der Waals surface area contributed by atoms with Crippen LogP contribution in [0.1, 0.15) is 81.0 Å². The van der Waals surface area contributed by atoms with E-state index in [4.69, 9.17) is 9.16 Å². The maximum Gasteiger partial charge on any atom is 0.338 e. The van der Waals surface area contributed by atoms with Crippen molar-refractivity contribution in [2.75, 3.05) is 0 Å². The molecule has 0 fully saturated rings. The summed E-state index contributed by atoms with van der Waals surface area (Å²) in [7, 11) is -2.32. The Morgan fingerprint density at radius 3 is 2.25 bits per heavy atom. The lowest BCUT2D eigenvalue weighted by molar-refractivity contribution is -0.157. The van der Waals surface area contributed by atoms with Crippen molar-refractivity contribution in [3.05, 3.63) is 28.2 Å². The van der Waals surface area contributed by atoms with E-state index in [0.29, 0.717) is 16.6 Å². The summed E-state index contributed by atoms with van der Waals surface area (Å²) in [5.74, 6) is -0.508. The second kappa shape index (κ2) is 9.07. The smallest absolute Gasteiger partial charge is 0.338 e. The second-order valence-electron chi connectivity index (χ2n) is 10.5. The van der Waals surface area contributed by atoms with Crippen molar-refractivity contribution in [3.8, 4) is 5.00 Å². The molecule has 1 N–H and O–H groups in total. The molecule has 2 aromatic rings. The number of carbonyl (C=O) groups is 2. The fraction of sp³-hybridized carbons (Fsp3) is 0.636. The number of carbonyl (C=O) groups excluding carboxylic acids is 1. The number of aromatic nitrogens is 3. The van der Waals surface area contributed by atoms with Crippen LogP contribution in [-0.2, 0) is 14.0 Å². The van der Waals surface area contributed by atoms with Gasteiger partial charge in [-0.25, -0.2) is 4.79 Å². The van der Waals surface area contributed by atoms with Crippen molar-refractivity contribution < 1.29 is 23.9 Å². The van der Waals surface area contributed by atoms with E-state index < -0.39 is 32.0 Å². The standard InChI is InChI=1S/C22H35N3O5SSi/c1-13-11-15(20(27)28)19(31-13)25-14(2)23-24-18(25)16(12-17(26)29-21(3,4)5)30-32(9,10)22(6,7)8/h11,16H,12H2,1-10H3,(H,27,28). The number of rotatable bonds is 7. The Balaban J connectivity index is 2.60. The zero-order chi connectivity index (χ0) is 24.6. The van der Waals surface area contributed by atoms with Crippen LogP contribution in [0.15, 0.2) is 6.07 Å². The van der Waals surface area contributed by atoms with Crippen molar-refractivity contribution in [2.45, 2.75) is 91.6 Å². The molecule has 1 unspecified atom stereocenters. The SMILES string of the molecule is Cc1cc(C(=O)O)c(-n2c(C)nnc2C(CC(=O)OC(C)(C)C)O[Si](C)(C)C(C)(C)C)s1. The van der Waals surface area contributed by atoms with Crippen LogP contribution in [0.3, 0.4) is 0 Å². The van der Waals surface area contributed by atoms with Crippen molar-refractivity contribution >= 4 is 31.6 Å². The molecule has 0 aliphatic heterocycles. The molecule has 0 bridgehead atoms. The average Bonchev–Trinajstić information content (AvgIpc) is 3.13. The number of carboxylic acid groups (broad SMARTS) is 1. The molecule has 1 atom stereocenters. The van der Waals surface area contributed by atoms with E-state index in [0.717, 1.165) is 4.88 Å². The molecule has 2 rings (SSSR count). The number of esters is 1. The first-order valence-electron chi connectivity index (χ1n) is 10.6. The quantitative estimate of drug-likeness (QED) is 0.415. The second-order valence-corrected chi connectivity index (χ2v) is 16.5. The summed E-state index contributed by atoms with van der Waals surface area (Å²) in [6, 6.07) is 1.63. The van der Waals surface area contributed by atoms with E-state index in [1.54, 1.807) is 17.6 Å². The van der Waals surface area contributed by atoms with Gasteiger partial charge < -0.3 is 14.3 Å². The van der Waals surface area contributed by atoms with Gasteiger partial charge in [-0.3, -0.25) is 9.36 Å². The maximum atomic E-state index is 12.8. The Kier molecular flexibility index (Phi) is 7.43. The molecule has 178 valence electrons. The average molecular weight is 482 g/mol. The maximum absolute atomic E-state index is 12.8. The highest BCUT2D eigenvalue weighted by Crippen LogP contribution is 2.41. The lowest BCUT2D eigenvalue weighted by atomic mass is 10.2. The molecule has 32 heavy (non-hydrogen) atoms. The van der Waals surface area contributed by atoms with Gasteiger partial charge in [0.15, 0.2) is 14.1 Å². The summed E-state index contributed by atoms with van der Waals surface area (Å²) >= 11 is 1.34. The van der Waals surface area contributed by atoms with Crippen LogP contribution in [0.5, 0.6) is 0 Å². The Bertz CT molecular complexity index is 998. The molecule has 0 amide bonds. The van der Waals surface area contributed by atoms with E-state index in [2.05, 4.69) is 44.1 Å². The van der Waals surface area contributed by atoms with Gasteiger partial charge in [-0.1, -0.05) is 20.8 Å². The molecule has 0 aromatic carbocycles. The molecular weight excluding hydrogens is 446 g/mol. The van der Waals surface area contributed by atoms with E-state index >= 15 is 0 Å². The van der Waals surface area contributed by atoms with Gasteiger partial charge in [0.25, 0.3) is 0 Å². The van der Waals surface area contributed by atoms with Gasteiger partial charge in [0.1, 0.15) is 22.5 Å². The molecule has 0 spiro atoms. The van der Waals surface area contributed by atoms with Crippen LogP contribution in [0.2, 0.25) is 18.1 Å². The molecule has 10 heteroatoms. The highest BCUT2D eigenvalue weighted by atomic mass is 32.1. The predicted octanol–water partition coefficient (Wildman–Crippen LogP) is 5.44. The van der Waals surface area contributed by atoms with E-state index in [-0.39, 0.29) is 17.0 Å². The summed E-state index contributed by atoms with van der Waals surface area (Å²) in [5, 5.41) is 18.7. The zero-order valence-corrected chi connectivity index (χ0v) is 22.5. The van der Waals surface area contributed by atoms with E-state index in [1.165, 1.54) is 11.3 Å². The predicted molar refractivity (Wildman–Crippen MR) is 127 cm³/mol. The monoisotopic (exact) mass is 481 g/mol. The Morgan fingerprint density at radius 1 is 1.16 bits per heavy atom. The van der Waals surface area contributed by atoms with Crippen LogP contribution in [0.4, 0.5) is 0 Å². The summed E-state index contributed by atoms with van der Waals surface area (Å²) in [6.45, 7) is 19.6. The molecule has 2 heterocycles. The summed E-state index contributed by atoms with van der Waals surface area (Å²) in [5.41, 5.74) is -0.469. The Hall–Kier alpha value is -2.04. The highest BCUT2D eigenvalue weighted by molar-refractivity contribution is 7.14. The number of carboxylic acids is 1. The molecule has 2 aromatic heterocycles. The van der Waals surface area contributed by atoms with Crippen LogP contribution in [0, 0.1) is 13.8 Å². The first-order valence-corrected chi connectivity index (χ1v) is 14.3. The number of hydrogen-bond acceptors (Lipinski definition) is 7. The number of aryl methyl sites for hydroxylation is 2. The minimum absolute atomic E-state index is 0.0469. The van der Waals surface area contributed by atoms with Crippen molar-refractivity contribution in [3.63, 3.8) is 0 Å².